The highest BCUT2D eigenvalue weighted by Crippen LogP contribution is 2.24. The summed E-state index contributed by atoms with van der Waals surface area (Å²) in [6.07, 6.45) is 0.107. The molecule has 0 saturated heterocycles. The lowest BCUT2D eigenvalue weighted by Gasteiger charge is -2.07. The van der Waals surface area contributed by atoms with Gasteiger partial charge < -0.3 is 10.6 Å². The zero-order valence-electron chi connectivity index (χ0n) is 14.0. The number of rotatable bonds is 5. The highest BCUT2D eigenvalue weighted by Gasteiger charge is 2.10. The minimum Gasteiger partial charge on any atom is -0.326 e. The largest absolute Gasteiger partial charge is 0.326 e. The minimum atomic E-state index is -0.323. The second-order valence-electron chi connectivity index (χ2n) is 5.64. The van der Waals surface area contributed by atoms with Crippen LogP contribution in [0.1, 0.15) is 12.6 Å². The van der Waals surface area contributed by atoms with E-state index in [1.54, 1.807) is 41.8 Å². The number of benzene rings is 2. The molecule has 0 aliphatic rings. The van der Waals surface area contributed by atoms with Crippen molar-refractivity contribution in [2.75, 3.05) is 10.6 Å². The molecule has 0 saturated carbocycles. The van der Waals surface area contributed by atoms with Crippen molar-refractivity contribution in [3.8, 4) is 10.6 Å². The fraction of sp³-hybridized carbons (Fsp3) is 0.105. The first-order valence-electron chi connectivity index (χ1n) is 7.87. The molecule has 0 radical (unpaired) electrons. The van der Waals surface area contributed by atoms with Crippen LogP contribution in [0.4, 0.5) is 15.8 Å². The van der Waals surface area contributed by atoms with E-state index < -0.39 is 0 Å². The summed E-state index contributed by atoms with van der Waals surface area (Å²) in [6, 6.07) is 13.1. The summed E-state index contributed by atoms with van der Waals surface area (Å²) in [4.78, 5) is 27.7. The van der Waals surface area contributed by atoms with Crippen molar-refractivity contribution >= 4 is 34.5 Å². The first kappa shape index (κ1) is 17.8. The van der Waals surface area contributed by atoms with Crippen LogP contribution in [0, 0.1) is 5.82 Å². The van der Waals surface area contributed by atoms with Gasteiger partial charge in [-0.25, -0.2) is 9.37 Å². The molecule has 2 amide bonds. The van der Waals surface area contributed by atoms with Crippen LogP contribution in [-0.4, -0.2) is 16.8 Å². The van der Waals surface area contributed by atoms with Crippen LogP contribution in [0.5, 0.6) is 0 Å². The summed E-state index contributed by atoms with van der Waals surface area (Å²) >= 11 is 1.36. The third-order valence-corrected chi connectivity index (χ3v) is 4.37. The van der Waals surface area contributed by atoms with E-state index in [4.69, 9.17) is 0 Å². The number of carbonyl (C=O) groups is 2. The highest BCUT2D eigenvalue weighted by molar-refractivity contribution is 7.13. The Balaban J connectivity index is 1.65. The van der Waals surface area contributed by atoms with Crippen molar-refractivity contribution < 1.29 is 14.0 Å². The molecule has 0 fully saturated rings. The van der Waals surface area contributed by atoms with Crippen molar-refractivity contribution in [1.82, 2.24) is 4.98 Å². The predicted octanol–water partition coefficient (Wildman–Crippen LogP) is 4.09. The Kier molecular flexibility index (Phi) is 5.38. The predicted molar refractivity (Wildman–Crippen MR) is 101 cm³/mol. The Hall–Kier alpha value is -3.06. The van der Waals surface area contributed by atoms with E-state index in [0.29, 0.717) is 27.6 Å². The van der Waals surface area contributed by atoms with Crippen LogP contribution in [0.3, 0.4) is 0 Å². The van der Waals surface area contributed by atoms with E-state index in [-0.39, 0.29) is 24.1 Å². The topological polar surface area (TPSA) is 71.1 Å². The van der Waals surface area contributed by atoms with Crippen molar-refractivity contribution in [1.29, 1.82) is 0 Å². The number of hydrogen-bond donors (Lipinski definition) is 2. The van der Waals surface area contributed by atoms with Gasteiger partial charge >= 0.3 is 0 Å². The maximum atomic E-state index is 13.3. The quantitative estimate of drug-likeness (QED) is 0.712. The number of halogens is 1. The fourth-order valence-electron chi connectivity index (χ4n) is 2.39. The number of nitrogens with one attached hydrogen (secondary N) is 2. The fourth-order valence-corrected chi connectivity index (χ4v) is 3.21. The summed E-state index contributed by atoms with van der Waals surface area (Å²) in [5, 5.41) is 7.89. The van der Waals surface area contributed by atoms with Crippen molar-refractivity contribution in [2.24, 2.45) is 0 Å². The van der Waals surface area contributed by atoms with E-state index >= 15 is 0 Å². The normalized spacial score (nSPS) is 10.4. The third-order valence-electron chi connectivity index (χ3n) is 3.43. The maximum absolute atomic E-state index is 13.3. The number of nitrogens with zero attached hydrogens (tertiary/aromatic N) is 1. The van der Waals surface area contributed by atoms with Gasteiger partial charge in [-0.3, -0.25) is 9.59 Å². The molecule has 0 bridgehead atoms. The standard InChI is InChI=1S/C19H16FN3O2S/c1-12(24)21-15-6-3-7-16(9-15)22-18(25)10-17-11-26-19(23-17)13-4-2-5-14(20)8-13/h2-9,11H,10H2,1H3,(H,21,24)(H,22,25). The van der Waals surface area contributed by atoms with Crippen LogP contribution < -0.4 is 10.6 Å². The lowest BCUT2D eigenvalue weighted by Crippen LogP contribution is -2.15. The molecule has 0 spiro atoms. The third kappa shape index (κ3) is 4.73. The molecule has 0 unspecified atom stereocenters. The molecule has 0 atom stereocenters. The summed E-state index contributed by atoms with van der Waals surface area (Å²) in [5.41, 5.74) is 2.49. The van der Waals surface area contributed by atoms with E-state index in [2.05, 4.69) is 15.6 Å². The number of hydrogen-bond acceptors (Lipinski definition) is 4. The first-order chi connectivity index (χ1) is 12.5. The van der Waals surface area contributed by atoms with Gasteiger partial charge in [0.25, 0.3) is 0 Å². The number of amides is 2. The molecule has 3 rings (SSSR count). The molecule has 1 aromatic heterocycles. The van der Waals surface area contributed by atoms with Gasteiger partial charge in [-0.05, 0) is 30.3 Å². The van der Waals surface area contributed by atoms with Crippen LogP contribution in [0.25, 0.3) is 10.6 Å². The second kappa shape index (κ2) is 7.88. The molecule has 1 heterocycles. The van der Waals surface area contributed by atoms with Crippen molar-refractivity contribution in [3.05, 3.63) is 65.4 Å². The van der Waals surface area contributed by atoms with Crippen LogP contribution in [0.15, 0.2) is 53.9 Å². The molecule has 0 aliphatic carbocycles. The summed E-state index contributed by atoms with van der Waals surface area (Å²) in [5.74, 6) is -0.724. The van der Waals surface area contributed by atoms with Gasteiger partial charge in [-0.1, -0.05) is 18.2 Å². The van der Waals surface area contributed by atoms with Gasteiger partial charge in [-0.2, -0.15) is 0 Å². The average molecular weight is 369 g/mol. The SMILES string of the molecule is CC(=O)Nc1cccc(NC(=O)Cc2csc(-c3cccc(F)c3)n2)c1. The van der Waals surface area contributed by atoms with Gasteiger partial charge in [0.15, 0.2) is 0 Å². The summed E-state index contributed by atoms with van der Waals surface area (Å²) in [7, 11) is 0. The molecule has 0 aliphatic heterocycles. The minimum absolute atomic E-state index is 0.107. The second-order valence-corrected chi connectivity index (χ2v) is 6.50. The molecule has 2 aromatic carbocycles. The van der Waals surface area contributed by atoms with Crippen molar-refractivity contribution in [3.63, 3.8) is 0 Å². The Labute approximate surface area is 153 Å². The number of anilines is 2. The van der Waals surface area contributed by atoms with Crippen LogP contribution in [0.2, 0.25) is 0 Å². The summed E-state index contributed by atoms with van der Waals surface area (Å²) < 4.78 is 13.3. The van der Waals surface area contributed by atoms with Gasteiger partial charge in [0.05, 0.1) is 12.1 Å². The Morgan fingerprint density at radius 2 is 1.81 bits per heavy atom. The Morgan fingerprint density at radius 3 is 2.54 bits per heavy atom. The Bertz CT molecular complexity index is 955. The Morgan fingerprint density at radius 1 is 1.08 bits per heavy atom. The molecule has 2 N–H and O–H groups in total. The van der Waals surface area contributed by atoms with Gasteiger partial charge in [0.1, 0.15) is 10.8 Å². The highest BCUT2D eigenvalue weighted by atomic mass is 32.1. The number of thiazole rings is 1. The molecule has 5 nitrogen and oxygen atoms in total. The number of aromatic nitrogens is 1. The smallest absolute Gasteiger partial charge is 0.230 e. The van der Waals surface area contributed by atoms with Crippen LogP contribution in [-0.2, 0) is 16.0 Å². The monoisotopic (exact) mass is 369 g/mol. The van der Waals surface area contributed by atoms with Gasteiger partial charge in [-0.15, -0.1) is 11.3 Å². The first-order valence-corrected chi connectivity index (χ1v) is 8.75. The van der Waals surface area contributed by atoms with E-state index in [9.17, 15) is 14.0 Å². The van der Waals surface area contributed by atoms with Crippen LogP contribution >= 0.6 is 11.3 Å². The van der Waals surface area contributed by atoms with Gasteiger partial charge in [0.2, 0.25) is 11.8 Å². The maximum Gasteiger partial charge on any atom is 0.230 e. The van der Waals surface area contributed by atoms with E-state index in [0.717, 1.165) is 0 Å². The average Bonchev–Trinajstić information content (AvgIpc) is 3.03. The lowest BCUT2D eigenvalue weighted by molar-refractivity contribution is -0.116. The van der Waals surface area contributed by atoms with Crippen molar-refractivity contribution in [2.45, 2.75) is 13.3 Å². The lowest BCUT2D eigenvalue weighted by atomic mass is 10.2. The molecule has 26 heavy (non-hydrogen) atoms. The molecular weight excluding hydrogens is 353 g/mol. The molecule has 3 aromatic rings. The van der Waals surface area contributed by atoms with Gasteiger partial charge in [0, 0.05) is 29.2 Å². The molecular formula is C19H16FN3O2S. The van der Waals surface area contributed by atoms with E-state index in [1.165, 1.54) is 30.4 Å². The zero-order chi connectivity index (χ0) is 18.5. The zero-order valence-corrected chi connectivity index (χ0v) is 14.8. The number of carbonyl (C=O) groups excluding carboxylic acids is 2. The summed E-state index contributed by atoms with van der Waals surface area (Å²) in [6.45, 7) is 1.42. The molecule has 132 valence electrons. The van der Waals surface area contributed by atoms with E-state index in [1.807, 2.05) is 0 Å². The molecule has 7 heteroatoms.